The minimum Gasteiger partial charge on any atom is -0.330 e. The van der Waals surface area contributed by atoms with Crippen LogP contribution in [0, 0.1) is 5.82 Å². The van der Waals surface area contributed by atoms with Crippen molar-refractivity contribution >= 4 is 0 Å². The highest BCUT2D eigenvalue weighted by molar-refractivity contribution is 5.37. The van der Waals surface area contributed by atoms with E-state index in [-0.39, 0.29) is 11.7 Å². The van der Waals surface area contributed by atoms with Gasteiger partial charge in [0.05, 0.1) is 12.0 Å². The molecule has 1 unspecified atom stereocenters. The van der Waals surface area contributed by atoms with E-state index in [4.69, 9.17) is 5.73 Å². The lowest BCUT2D eigenvalue weighted by Crippen LogP contribution is -2.05. The number of imidazole rings is 1. The Kier molecular flexibility index (Phi) is 3.54. The Morgan fingerprint density at radius 2 is 2.29 bits per heavy atom. The molecule has 1 aromatic carbocycles. The van der Waals surface area contributed by atoms with E-state index < -0.39 is 0 Å². The first-order valence-corrected chi connectivity index (χ1v) is 5.70. The van der Waals surface area contributed by atoms with Crippen LogP contribution in [0.3, 0.4) is 0 Å². The van der Waals surface area contributed by atoms with Gasteiger partial charge in [-0.15, -0.1) is 0 Å². The molecule has 0 radical (unpaired) electrons. The van der Waals surface area contributed by atoms with Gasteiger partial charge < -0.3 is 10.3 Å². The Hall–Kier alpha value is -1.68. The first-order chi connectivity index (χ1) is 8.22. The van der Waals surface area contributed by atoms with Crippen molar-refractivity contribution in [2.45, 2.75) is 19.3 Å². The molecule has 1 atom stereocenters. The Morgan fingerprint density at radius 1 is 1.47 bits per heavy atom. The van der Waals surface area contributed by atoms with E-state index in [1.165, 1.54) is 0 Å². The van der Waals surface area contributed by atoms with Crippen LogP contribution in [0.25, 0.3) is 5.69 Å². The molecule has 0 saturated heterocycles. The Bertz CT molecular complexity index is 479. The molecule has 1 aromatic heterocycles. The third-order valence-electron chi connectivity index (χ3n) is 2.92. The minimum absolute atomic E-state index is 0.232. The second kappa shape index (κ2) is 5.10. The van der Waals surface area contributed by atoms with Crippen molar-refractivity contribution in [1.82, 2.24) is 9.55 Å². The number of halogens is 1. The fourth-order valence-electron chi connectivity index (χ4n) is 1.86. The summed E-state index contributed by atoms with van der Waals surface area (Å²) in [5, 5.41) is 0. The lowest BCUT2D eigenvalue weighted by atomic mass is 9.97. The van der Waals surface area contributed by atoms with E-state index in [9.17, 15) is 4.39 Å². The van der Waals surface area contributed by atoms with Crippen LogP contribution in [0.5, 0.6) is 0 Å². The van der Waals surface area contributed by atoms with Crippen LogP contribution in [0.1, 0.15) is 24.8 Å². The second-order valence-corrected chi connectivity index (χ2v) is 4.16. The zero-order valence-corrected chi connectivity index (χ0v) is 9.81. The van der Waals surface area contributed by atoms with Gasteiger partial charge in [-0.25, -0.2) is 9.37 Å². The van der Waals surface area contributed by atoms with E-state index in [1.54, 1.807) is 35.4 Å². The number of nitrogens with two attached hydrogens (primary N) is 1. The van der Waals surface area contributed by atoms with Gasteiger partial charge in [0, 0.05) is 12.4 Å². The van der Waals surface area contributed by atoms with Crippen molar-refractivity contribution in [3.05, 3.63) is 48.3 Å². The second-order valence-electron chi connectivity index (χ2n) is 4.16. The lowest BCUT2D eigenvalue weighted by molar-refractivity contribution is 0.608. The minimum atomic E-state index is -0.232. The van der Waals surface area contributed by atoms with E-state index >= 15 is 0 Å². The molecule has 2 rings (SSSR count). The Labute approximate surface area is 100 Å². The predicted molar refractivity (Wildman–Crippen MR) is 65.6 cm³/mol. The summed E-state index contributed by atoms with van der Waals surface area (Å²) < 4.78 is 15.6. The molecule has 0 spiro atoms. The summed E-state index contributed by atoms with van der Waals surface area (Å²) in [6.07, 6.45) is 5.80. The number of hydrogen-bond acceptors (Lipinski definition) is 2. The molecule has 0 aliphatic rings. The largest absolute Gasteiger partial charge is 0.330 e. The van der Waals surface area contributed by atoms with Gasteiger partial charge in [-0.1, -0.05) is 13.0 Å². The summed E-state index contributed by atoms with van der Waals surface area (Å²) in [4.78, 5) is 3.91. The molecule has 2 aromatic rings. The number of aromatic nitrogens is 2. The van der Waals surface area contributed by atoms with Crippen LogP contribution in [0.15, 0.2) is 36.9 Å². The highest BCUT2D eigenvalue weighted by Crippen LogP contribution is 2.22. The smallest absolute Gasteiger partial charge is 0.147 e. The fraction of sp³-hybridized carbons (Fsp3) is 0.308. The molecule has 0 aliphatic carbocycles. The van der Waals surface area contributed by atoms with Gasteiger partial charge in [0.15, 0.2) is 0 Å². The van der Waals surface area contributed by atoms with Crippen molar-refractivity contribution in [1.29, 1.82) is 0 Å². The maximum absolute atomic E-state index is 13.9. The fourth-order valence-corrected chi connectivity index (χ4v) is 1.86. The topological polar surface area (TPSA) is 43.8 Å². The van der Waals surface area contributed by atoms with Gasteiger partial charge in [-0.2, -0.15) is 0 Å². The highest BCUT2D eigenvalue weighted by Gasteiger charge is 2.09. The van der Waals surface area contributed by atoms with Crippen LogP contribution in [0.2, 0.25) is 0 Å². The van der Waals surface area contributed by atoms with Gasteiger partial charge in [-0.3, -0.25) is 0 Å². The third-order valence-corrected chi connectivity index (χ3v) is 2.92. The molecule has 0 fully saturated rings. The van der Waals surface area contributed by atoms with Gasteiger partial charge in [0.25, 0.3) is 0 Å². The van der Waals surface area contributed by atoms with Crippen molar-refractivity contribution in [3.63, 3.8) is 0 Å². The maximum atomic E-state index is 13.9. The van der Waals surface area contributed by atoms with Crippen molar-refractivity contribution in [2.24, 2.45) is 5.73 Å². The average molecular weight is 233 g/mol. The zero-order chi connectivity index (χ0) is 12.3. The standard InChI is InChI=1S/C13H16FN3/c1-10(4-5-15)11-2-3-13(12(14)8-11)17-7-6-16-9-17/h2-3,6-10H,4-5,15H2,1H3. The van der Waals surface area contributed by atoms with E-state index in [1.807, 2.05) is 6.07 Å². The number of benzene rings is 1. The molecule has 1 heterocycles. The highest BCUT2D eigenvalue weighted by atomic mass is 19.1. The van der Waals surface area contributed by atoms with Gasteiger partial charge >= 0.3 is 0 Å². The van der Waals surface area contributed by atoms with E-state index in [0.29, 0.717) is 12.2 Å². The first-order valence-electron chi connectivity index (χ1n) is 5.70. The SMILES string of the molecule is CC(CCN)c1ccc(-n2ccnc2)c(F)c1. The molecule has 0 aliphatic heterocycles. The molecular weight excluding hydrogens is 217 g/mol. The van der Waals surface area contributed by atoms with Crippen molar-refractivity contribution in [2.75, 3.05) is 6.54 Å². The molecule has 0 saturated carbocycles. The molecule has 2 N–H and O–H groups in total. The van der Waals surface area contributed by atoms with Crippen LogP contribution >= 0.6 is 0 Å². The number of rotatable bonds is 4. The van der Waals surface area contributed by atoms with Crippen molar-refractivity contribution in [3.8, 4) is 5.69 Å². The van der Waals surface area contributed by atoms with E-state index in [2.05, 4.69) is 11.9 Å². The third kappa shape index (κ3) is 2.53. The predicted octanol–water partition coefficient (Wildman–Crippen LogP) is 2.46. The van der Waals surface area contributed by atoms with Crippen LogP contribution in [-0.4, -0.2) is 16.1 Å². The van der Waals surface area contributed by atoms with Gasteiger partial charge in [0.2, 0.25) is 0 Å². The summed E-state index contributed by atoms with van der Waals surface area (Å²) in [6, 6.07) is 5.30. The summed E-state index contributed by atoms with van der Waals surface area (Å²) in [6.45, 7) is 2.67. The monoisotopic (exact) mass is 233 g/mol. The number of hydrogen-bond donors (Lipinski definition) is 1. The quantitative estimate of drug-likeness (QED) is 0.881. The summed E-state index contributed by atoms with van der Waals surface area (Å²) >= 11 is 0. The van der Waals surface area contributed by atoms with Crippen LogP contribution in [0.4, 0.5) is 4.39 Å². The molecule has 17 heavy (non-hydrogen) atoms. The van der Waals surface area contributed by atoms with Gasteiger partial charge in [-0.05, 0) is 36.6 Å². The molecule has 0 amide bonds. The van der Waals surface area contributed by atoms with Crippen LogP contribution in [-0.2, 0) is 0 Å². The van der Waals surface area contributed by atoms with Crippen LogP contribution < -0.4 is 5.73 Å². The average Bonchev–Trinajstić information content (AvgIpc) is 2.82. The maximum Gasteiger partial charge on any atom is 0.147 e. The van der Waals surface area contributed by atoms with E-state index in [0.717, 1.165) is 12.0 Å². The Morgan fingerprint density at radius 3 is 2.88 bits per heavy atom. The zero-order valence-electron chi connectivity index (χ0n) is 9.81. The number of nitrogens with zero attached hydrogens (tertiary/aromatic N) is 2. The first kappa shape index (κ1) is 11.8. The van der Waals surface area contributed by atoms with Crippen molar-refractivity contribution < 1.29 is 4.39 Å². The molecule has 90 valence electrons. The Balaban J connectivity index is 2.29. The lowest BCUT2D eigenvalue weighted by Gasteiger charge is -2.12. The summed E-state index contributed by atoms with van der Waals surface area (Å²) in [5.74, 6) is 0.0516. The normalized spacial score (nSPS) is 12.6. The molecule has 0 bridgehead atoms. The molecule has 3 nitrogen and oxygen atoms in total. The summed E-state index contributed by atoms with van der Waals surface area (Å²) in [7, 11) is 0. The molecule has 4 heteroatoms. The van der Waals surface area contributed by atoms with Gasteiger partial charge in [0.1, 0.15) is 5.82 Å². The molecular formula is C13H16FN3. The summed E-state index contributed by atoms with van der Waals surface area (Å²) in [5.41, 5.74) is 7.01.